The summed E-state index contributed by atoms with van der Waals surface area (Å²) in [4.78, 5) is 9.04. The van der Waals surface area contributed by atoms with Crippen molar-refractivity contribution >= 4 is 0 Å². The number of hydrogen-bond acceptors (Lipinski definition) is 3. The second-order valence-electron chi connectivity index (χ2n) is 3.95. The van der Waals surface area contributed by atoms with Crippen LogP contribution in [0.25, 0.3) is 0 Å². The van der Waals surface area contributed by atoms with E-state index in [0.29, 0.717) is 5.92 Å². The minimum absolute atomic E-state index is 0.449. The fourth-order valence-electron chi connectivity index (χ4n) is 1.41. The minimum Gasteiger partial charge on any atom is -0.311 e. The zero-order valence-electron chi connectivity index (χ0n) is 10.2. The second kappa shape index (κ2) is 5.81. The summed E-state index contributed by atoms with van der Waals surface area (Å²) < 4.78 is 0. The second-order valence-corrected chi connectivity index (χ2v) is 3.95. The molecule has 0 saturated carbocycles. The molecule has 0 fully saturated rings. The standard InChI is InChI=1S/C12H21N3/c1-5-9(3)12-14-10(4)7-11(15-12)8-13-6-2/h7,9,13H,5-6,8H2,1-4H3. The van der Waals surface area contributed by atoms with Crippen LogP contribution in [0.5, 0.6) is 0 Å². The van der Waals surface area contributed by atoms with E-state index < -0.39 is 0 Å². The van der Waals surface area contributed by atoms with Gasteiger partial charge in [0.15, 0.2) is 0 Å². The Morgan fingerprint density at radius 2 is 2.07 bits per heavy atom. The van der Waals surface area contributed by atoms with Gasteiger partial charge in [-0.25, -0.2) is 9.97 Å². The molecule has 84 valence electrons. The summed E-state index contributed by atoms with van der Waals surface area (Å²) in [5, 5.41) is 3.29. The van der Waals surface area contributed by atoms with Gasteiger partial charge in [-0.3, -0.25) is 0 Å². The van der Waals surface area contributed by atoms with Crippen molar-refractivity contribution in [2.45, 2.75) is 46.6 Å². The molecular weight excluding hydrogens is 186 g/mol. The van der Waals surface area contributed by atoms with Crippen LogP contribution < -0.4 is 5.32 Å². The van der Waals surface area contributed by atoms with Gasteiger partial charge in [0, 0.05) is 18.2 Å². The lowest BCUT2D eigenvalue weighted by Gasteiger charge is -2.10. The highest BCUT2D eigenvalue weighted by Gasteiger charge is 2.08. The molecule has 1 aromatic heterocycles. The van der Waals surface area contributed by atoms with Crippen molar-refractivity contribution < 1.29 is 0 Å². The van der Waals surface area contributed by atoms with E-state index in [9.17, 15) is 0 Å². The van der Waals surface area contributed by atoms with Crippen molar-refractivity contribution in [1.82, 2.24) is 15.3 Å². The van der Waals surface area contributed by atoms with E-state index in [1.165, 1.54) is 0 Å². The highest BCUT2D eigenvalue weighted by molar-refractivity contribution is 5.11. The van der Waals surface area contributed by atoms with Gasteiger partial charge in [-0.2, -0.15) is 0 Å². The fourth-order valence-corrected chi connectivity index (χ4v) is 1.41. The molecule has 15 heavy (non-hydrogen) atoms. The van der Waals surface area contributed by atoms with E-state index in [-0.39, 0.29) is 0 Å². The summed E-state index contributed by atoms with van der Waals surface area (Å²) in [5.41, 5.74) is 2.16. The average Bonchev–Trinajstić information content (AvgIpc) is 2.24. The Kier molecular flexibility index (Phi) is 4.69. The highest BCUT2D eigenvalue weighted by atomic mass is 14.9. The van der Waals surface area contributed by atoms with Crippen LogP contribution in [0, 0.1) is 6.92 Å². The van der Waals surface area contributed by atoms with Gasteiger partial charge in [-0.15, -0.1) is 0 Å². The third-order valence-electron chi connectivity index (χ3n) is 2.53. The Hall–Kier alpha value is -0.960. The fraction of sp³-hybridized carbons (Fsp3) is 0.667. The summed E-state index contributed by atoms with van der Waals surface area (Å²) >= 11 is 0. The molecule has 1 N–H and O–H groups in total. The Bertz CT molecular complexity index is 310. The number of hydrogen-bond donors (Lipinski definition) is 1. The van der Waals surface area contributed by atoms with Crippen molar-refractivity contribution in [1.29, 1.82) is 0 Å². The van der Waals surface area contributed by atoms with E-state index >= 15 is 0 Å². The Morgan fingerprint density at radius 3 is 2.67 bits per heavy atom. The molecule has 0 spiro atoms. The van der Waals surface area contributed by atoms with Gasteiger partial charge < -0.3 is 5.32 Å². The first-order valence-electron chi connectivity index (χ1n) is 5.72. The van der Waals surface area contributed by atoms with Crippen molar-refractivity contribution in [2.75, 3.05) is 6.54 Å². The molecule has 3 heteroatoms. The molecule has 0 bridgehead atoms. The first kappa shape index (κ1) is 12.1. The maximum absolute atomic E-state index is 4.57. The van der Waals surface area contributed by atoms with Crippen LogP contribution in [0.4, 0.5) is 0 Å². The van der Waals surface area contributed by atoms with Gasteiger partial charge in [0.25, 0.3) is 0 Å². The molecule has 0 saturated heterocycles. The molecule has 1 unspecified atom stereocenters. The van der Waals surface area contributed by atoms with Crippen LogP contribution in [0.2, 0.25) is 0 Å². The van der Waals surface area contributed by atoms with Crippen molar-refractivity contribution in [3.05, 3.63) is 23.3 Å². The first-order chi connectivity index (χ1) is 7.17. The van der Waals surface area contributed by atoms with Crippen LogP contribution in [-0.2, 0) is 6.54 Å². The molecule has 0 aliphatic heterocycles. The van der Waals surface area contributed by atoms with E-state index in [4.69, 9.17) is 0 Å². The average molecular weight is 207 g/mol. The lowest BCUT2D eigenvalue weighted by Crippen LogP contribution is -2.15. The van der Waals surface area contributed by atoms with Crippen molar-refractivity contribution in [2.24, 2.45) is 0 Å². The Balaban J connectivity index is 2.84. The van der Waals surface area contributed by atoms with Gasteiger partial charge in [0.2, 0.25) is 0 Å². The summed E-state index contributed by atoms with van der Waals surface area (Å²) in [7, 11) is 0. The van der Waals surface area contributed by atoms with Crippen LogP contribution in [0.1, 0.15) is 50.3 Å². The number of aromatic nitrogens is 2. The molecule has 3 nitrogen and oxygen atoms in total. The van der Waals surface area contributed by atoms with Gasteiger partial charge in [0.05, 0.1) is 5.69 Å². The molecule has 0 radical (unpaired) electrons. The quantitative estimate of drug-likeness (QED) is 0.805. The predicted molar refractivity (Wildman–Crippen MR) is 62.9 cm³/mol. The van der Waals surface area contributed by atoms with E-state index in [0.717, 1.165) is 36.7 Å². The number of aryl methyl sites for hydroxylation is 1. The number of nitrogens with zero attached hydrogens (tertiary/aromatic N) is 2. The monoisotopic (exact) mass is 207 g/mol. The van der Waals surface area contributed by atoms with E-state index in [2.05, 4.69) is 42.1 Å². The highest BCUT2D eigenvalue weighted by Crippen LogP contribution is 2.14. The summed E-state index contributed by atoms with van der Waals surface area (Å²) in [6.45, 7) is 10.3. The largest absolute Gasteiger partial charge is 0.311 e. The van der Waals surface area contributed by atoms with Gasteiger partial charge in [-0.05, 0) is 26.0 Å². The zero-order valence-corrected chi connectivity index (χ0v) is 10.2. The van der Waals surface area contributed by atoms with Gasteiger partial charge in [-0.1, -0.05) is 20.8 Å². The van der Waals surface area contributed by atoms with Crippen molar-refractivity contribution in [3.8, 4) is 0 Å². The zero-order chi connectivity index (χ0) is 11.3. The SMILES string of the molecule is CCNCc1cc(C)nc(C(C)CC)n1. The van der Waals surface area contributed by atoms with Gasteiger partial charge >= 0.3 is 0 Å². The molecule has 0 aliphatic carbocycles. The molecule has 1 heterocycles. The topological polar surface area (TPSA) is 37.8 Å². The molecule has 1 aromatic rings. The summed E-state index contributed by atoms with van der Waals surface area (Å²) in [6, 6.07) is 2.05. The smallest absolute Gasteiger partial charge is 0.131 e. The summed E-state index contributed by atoms with van der Waals surface area (Å²) in [5.74, 6) is 1.43. The predicted octanol–water partition coefficient (Wildman–Crippen LogP) is 2.41. The van der Waals surface area contributed by atoms with Crippen LogP contribution >= 0.6 is 0 Å². The van der Waals surface area contributed by atoms with Gasteiger partial charge in [0.1, 0.15) is 5.82 Å². The van der Waals surface area contributed by atoms with Crippen LogP contribution in [-0.4, -0.2) is 16.5 Å². The Morgan fingerprint density at radius 1 is 1.33 bits per heavy atom. The molecule has 1 rings (SSSR count). The van der Waals surface area contributed by atoms with Crippen LogP contribution in [0.3, 0.4) is 0 Å². The molecule has 0 amide bonds. The van der Waals surface area contributed by atoms with E-state index in [1.807, 2.05) is 6.92 Å². The minimum atomic E-state index is 0.449. The number of nitrogens with one attached hydrogen (secondary N) is 1. The van der Waals surface area contributed by atoms with Crippen LogP contribution in [0.15, 0.2) is 6.07 Å². The van der Waals surface area contributed by atoms with Crippen molar-refractivity contribution in [3.63, 3.8) is 0 Å². The molecular formula is C12H21N3. The normalized spacial score (nSPS) is 12.8. The lowest BCUT2D eigenvalue weighted by atomic mass is 10.1. The number of rotatable bonds is 5. The molecule has 0 aliphatic rings. The lowest BCUT2D eigenvalue weighted by molar-refractivity contribution is 0.648. The first-order valence-corrected chi connectivity index (χ1v) is 5.72. The molecule has 0 aromatic carbocycles. The maximum atomic E-state index is 4.57. The molecule has 1 atom stereocenters. The van der Waals surface area contributed by atoms with E-state index in [1.54, 1.807) is 0 Å². The Labute approximate surface area is 92.3 Å². The summed E-state index contributed by atoms with van der Waals surface area (Å²) in [6.07, 6.45) is 1.09. The maximum Gasteiger partial charge on any atom is 0.131 e. The third-order valence-corrected chi connectivity index (χ3v) is 2.53. The third kappa shape index (κ3) is 3.59.